The van der Waals surface area contributed by atoms with Crippen LogP contribution in [0.1, 0.15) is 22.8 Å². The quantitative estimate of drug-likeness (QED) is 0.607. The molecule has 0 saturated heterocycles. The van der Waals surface area contributed by atoms with Crippen molar-refractivity contribution in [3.8, 4) is 0 Å². The maximum Gasteiger partial charge on any atom is 0.343 e. The molecule has 3 rings (SSSR count). The van der Waals surface area contributed by atoms with Gasteiger partial charge in [0.05, 0.1) is 12.8 Å². The summed E-state index contributed by atoms with van der Waals surface area (Å²) in [5.41, 5.74) is 1.52. The fraction of sp³-hybridized carbons (Fsp3) is 0.235. The Morgan fingerprint density at radius 1 is 1.40 bits per heavy atom. The number of hydrogen-bond acceptors (Lipinski definition) is 5. The molecule has 130 valence electrons. The second-order valence-electron chi connectivity index (χ2n) is 5.42. The van der Waals surface area contributed by atoms with Crippen molar-refractivity contribution in [3.05, 3.63) is 58.1 Å². The molecule has 0 aliphatic carbocycles. The molecule has 2 aromatic heterocycles. The van der Waals surface area contributed by atoms with Crippen LogP contribution in [-0.2, 0) is 11.3 Å². The summed E-state index contributed by atoms with van der Waals surface area (Å²) in [5.74, 6) is -0.122. The molecule has 0 spiro atoms. The van der Waals surface area contributed by atoms with Crippen LogP contribution in [-0.4, -0.2) is 34.2 Å². The molecule has 0 N–H and O–H groups in total. The third kappa shape index (κ3) is 3.63. The minimum absolute atomic E-state index is 0.281. The number of carbonyl (C=O) groups is 1. The van der Waals surface area contributed by atoms with E-state index in [0.717, 1.165) is 10.0 Å². The van der Waals surface area contributed by atoms with Gasteiger partial charge >= 0.3 is 5.97 Å². The zero-order chi connectivity index (χ0) is 18.0. The molecule has 2 heterocycles. The van der Waals surface area contributed by atoms with Gasteiger partial charge in [0.1, 0.15) is 17.2 Å². The SMILES string of the molecule is CCOC(=O)c1cnn2ccc(N(C)Cc3cc(F)ccc3Br)nc12. The summed E-state index contributed by atoms with van der Waals surface area (Å²) < 4.78 is 20.8. The van der Waals surface area contributed by atoms with Crippen molar-refractivity contribution in [3.63, 3.8) is 0 Å². The Labute approximate surface area is 152 Å². The van der Waals surface area contributed by atoms with E-state index >= 15 is 0 Å². The van der Waals surface area contributed by atoms with Gasteiger partial charge in [-0.15, -0.1) is 0 Å². The molecule has 3 aromatic rings. The standard InChI is InChI=1S/C17H16BrFN4O2/c1-3-25-17(24)13-9-20-23-7-6-15(21-16(13)23)22(2)10-11-8-12(19)4-5-14(11)18/h4-9H,3,10H2,1-2H3. The first-order valence-corrected chi connectivity index (χ1v) is 8.45. The van der Waals surface area contributed by atoms with Gasteiger partial charge in [0.15, 0.2) is 5.65 Å². The van der Waals surface area contributed by atoms with Crippen LogP contribution in [0.5, 0.6) is 0 Å². The molecule has 0 aliphatic heterocycles. The summed E-state index contributed by atoms with van der Waals surface area (Å²) in [6.45, 7) is 2.47. The van der Waals surface area contributed by atoms with E-state index in [1.807, 2.05) is 11.9 Å². The molecule has 8 heteroatoms. The smallest absolute Gasteiger partial charge is 0.343 e. The zero-order valence-corrected chi connectivity index (χ0v) is 15.3. The number of nitrogens with zero attached hydrogens (tertiary/aromatic N) is 4. The highest BCUT2D eigenvalue weighted by Crippen LogP contribution is 2.22. The number of fused-ring (bicyclic) bond motifs is 1. The topological polar surface area (TPSA) is 59.7 Å². The molecule has 0 fully saturated rings. The molecule has 0 atom stereocenters. The Hall–Kier alpha value is -2.48. The van der Waals surface area contributed by atoms with Gasteiger partial charge in [0, 0.05) is 24.3 Å². The Morgan fingerprint density at radius 2 is 2.20 bits per heavy atom. The Kier molecular flexibility index (Phi) is 4.98. The van der Waals surface area contributed by atoms with Crippen molar-refractivity contribution < 1.29 is 13.9 Å². The van der Waals surface area contributed by atoms with Gasteiger partial charge in [-0.3, -0.25) is 0 Å². The van der Waals surface area contributed by atoms with E-state index in [1.54, 1.807) is 25.3 Å². The summed E-state index contributed by atoms with van der Waals surface area (Å²) in [7, 11) is 1.84. The number of aromatic nitrogens is 3. The fourth-order valence-electron chi connectivity index (χ4n) is 2.43. The second-order valence-corrected chi connectivity index (χ2v) is 6.28. The van der Waals surface area contributed by atoms with Crippen molar-refractivity contribution in [2.75, 3.05) is 18.6 Å². The minimum Gasteiger partial charge on any atom is -0.462 e. The lowest BCUT2D eigenvalue weighted by atomic mass is 10.2. The second kappa shape index (κ2) is 7.18. The monoisotopic (exact) mass is 406 g/mol. The predicted molar refractivity (Wildman–Crippen MR) is 95.2 cm³/mol. The van der Waals surface area contributed by atoms with Gasteiger partial charge in [0.25, 0.3) is 0 Å². The maximum absolute atomic E-state index is 13.5. The number of halogens is 2. The van der Waals surface area contributed by atoms with Crippen molar-refractivity contribution in [1.82, 2.24) is 14.6 Å². The van der Waals surface area contributed by atoms with E-state index < -0.39 is 5.97 Å². The fourth-order valence-corrected chi connectivity index (χ4v) is 2.80. The first kappa shape index (κ1) is 17.3. The van der Waals surface area contributed by atoms with E-state index in [0.29, 0.717) is 23.6 Å². The minimum atomic E-state index is -0.460. The van der Waals surface area contributed by atoms with Crippen LogP contribution in [0.4, 0.5) is 10.2 Å². The van der Waals surface area contributed by atoms with Crippen molar-refractivity contribution in [2.24, 2.45) is 0 Å². The van der Waals surface area contributed by atoms with Gasteiger partial charge in [-0.2, -0.15) is 5.10 Å². The summed E-state index contributed by atoms with van der Waals surface area (Å²) in [5, 5.41) is 4.11. The molecule has 0 unspecified atom stereocenters. The Morgan fingerprint density at radius 3 is 2.96 bits per heavy atom. The van der Waals surface area contributed by atoms with Gasteiger partial charge in [-0.05, 0) is 36.8 Å². The molecule has 1 aromatic carbocycles. The Bertz CT molecular complexity index is 928. The highest BCUT2D eigenvalue weighted by molar-refractivity contribution is 9.10. The summed E-state index contributed by atoms with van der Waals surface area (Å²) in [6.07, 6.45) is 3.16. The van der Waals surface area contributed by atoms with Crippen LogP contribution in [0.25, 0.3) is 5.65 Å². The number of rotatable bonds is 5. The average molecular weight is 407 g/mol. The zero-order valence-electron chi connectivity index (χ0n) is 13.7. The van der Waals surface area contributed by atoms with E-state index in [4.69, 9.17) is 4.74 Å². The number of anilines is 1. The van der Waals surface area contributed by atoms with Crippen molar-refractivity contribution in [1.29, 1.82) is 0 Å². The highest BCUT2D eigenvalue weighted by atomic mass is 79.9. The van der Waals surface area contributed by atoms with Gasteiger partial charge < -0.3 is 9.64 Å². The van der Waals surface area contributed by atoms with Crippen molar-refractivity contribution in [2.45, 2.75) is 13.5 Å². The third-order valence-corrected chi connectivity index (χ3v) is 4.43. The molecular formula is C17H16BrFN4O2. The number of carbonyl (C=O) groups excluding carboxylic acids is 1. The predicted octanol–water partition coefficient (Wildman–Crippen LogP) is 3.44. The lowest BCUT2D eigenvalue weighted by molar-refractivity contribution is 0.0528. The van der Waals surface area contributed by atoms with Crippen LogP contribution in [0, 0.1) is 5.82 Å². The van der Waals surface area contributed by atoms with Crippen molar-refractivity contribution >= 4 is 33.4 Å². The number of esters is 1. The lowest BCUT2D eigenvalue weighted by Gasteiger charge is -2.19. The van der Waals surface area contributed by atoms with E-state index in [2.05, 4.69) is 26.0 Å². The van der Waals surface area contributed by atoms with Crippen LogP contribution >= 0.6 is 15.9 Å². The molecule has 0 radical (unpaired) electrons. The van der Waals surface area contributed by atoms with Gasteiger partial charge in [-0.1, -0.05) is 15.9 Å². The first-order valence-electron chi connectivity index (χ1n) is 7.66. The van der Waals surface area contributed by atoms with E-state index in [-0.39, 0.29) is 12.4 Å². The molecule has 0 aliphatic rings. The van der Waals surface area contributed by atoms with Crippen LogP contribution in [0.2, 0.25) is 0 Å². The largest absolute Gasteiger partial charge is 0.462 e. The van der Waals surface area contributed by atoms with Crippen LogP contribution in [0.3, 0.4) is 0 Å². The molecule has 0 amide bonds. The number of ether oxygens (including phenoxy) is 1. The molecule has 0 saturated carbocycles. The van der Waals surface area contributed by atoms with E-state index in [9.17, 15) is 9.18 Å². The number of hydrogen-bond donors (Lipinski definition) is 0. The van der Waals surface area contributed by atoms with Crippen LogP contribution in [0.15, 0.2) is 41.1 Å². The molecule has 25 heavy (non-hydrogen) atoms. The van der Waals surface area contributed by atoms with Gasteiger partial charge in [-0.25, -0.2) is 18.7 Å². The normalized spacial score (nSPS) is 10.9. The van der Waals surface area contributed by atoms with Crippen LogP contribution < -0.4 is 4.90 Å². The highest BCUT2D eigenvalue weighted by Gasteiger charge is 2.16. The molecule has 6 nitrogen and oxygen atoms in total. The molecular weight excluding hydrogens is 391 g/mol. The summed E-state index contributed by atoms with van der Waals surface area (Å²) >= 11 is 3.42. The third-order valence-electron chi connectivity index (χ3n) is 3.66. The van der Waals surface area contributed by atoms with Gasteiger partial charge in [0.2, 0.25) is 0 Å². The maximum atomic E-state index is 13.5. The van der Waals surface area contributed by atoms with E-state index in [1.165, 1.54) is 22.8 Å². The summed E-state index contributed by atoms with van der Waals surface area (Å²) in [4.78, 5) is 18.4. The lowest BCUT2D eigenvalue weighted by Crippen LogP contribution is -2.18. The average Bonchev–Trinajstić information content (AvgIpc) is 3.01. The summed E-state index contributed by atoms with van der Waals surface area (Å²) in [6, 6.07) is 6.32. The number of benzene rings is 1. The molecule has 0 bridgehead atoms. The Balaban J connectivity index is 1.91. The first-order chi connectivity index (χ1) is 12.0.